The third-order valence-corrected chi connectivity index (χ3v) is 6.39. The van der Waals surface area contributed by atoms with Crippen molar-refractivity contribution in [3.8, 4) is 0 Å². The van der Waals surface area contributed by atoms with E-state index in [2.05, 4.69) is 39.3 Å². The lowest BCUT2D eigenvalue weighted by Gasteiger charge is -2.22. The Kier molecular flexibility index (Phi) is 5.28. The molecule has 0 aliphatic carbocycles. The Balaban J connectivity index is 1.49. The average Bonchev–Trinajstić information content (AvgIpc) is 3.50. The molecule has 4 aromatic rings. The quantitative estimate of drug-likeness (QED) is 0.505. The molecule has 1 saturated heterocycles. The molecule has 1 aliphatic heterocycles. The Labute approximate surface area is 191 Å². The molecule has 1 aromatic carbocycles. The molecular weight excluding hydrogens is 421 g/mol. The summed E-state index contributed by atoms with van der Waals surface area (Å²) >= 11 is 0. The van der Waals surface area contributed by atoms with Gasteiger partial charge in [-0.15, -0.1) is 0 Å². The number of halogens is 1. The van der Waals surface area contributed by atoms with Crippen molar-refractivity contribution < 1.29 is 9.18 Å². The number of hydrogen-bond acceptors (Lipinski definition) is 5. The van der Waals surface area contributed by atoms with E-state index in [-0.39, 0.29) is 11.6 Å². The zero-order chi connectivity index (χ0) is 23.3. The molecule has 1 fully saturated rings. The average molecular weight is 450 g/mol. The summed E-state index contributed by atoms with van der Waals surface area (Å²) in [5.41, 5.74) is 3.51. The number of benzene rings is 1. The number of rotatable bonds is 5. The number of aromatic nitrogens is 4. The van der Waals surface area contributed by atoms with E-state index in [4.69, 9.17) is 0 Å². The summed E-state index contributed by atoms with van der Waals surface area (Å²) in [5.74, 6) is -0.808. The third kappa shape index (κ3) is 3.82. The van der Waals surface area contributed by atoms with Gasteiger partial charge in [-0.2, -0.15) is 5.10 Å². The fourth-order valence-electron chi connectivity index (χ4n) is 4.59. The van der Waals surface area contributed by atoms with Gasteiger partial charge >= 0.3 is 0 Å². The summed E-state index contributed by atoms with van der Waals surface area (Å²) in [6.45, 7) is 6.43. The highest BCUT2D eigenvalue weighted by Gasteiger charge is 2.27. The second kappa shape index (κ2) is 8.15. The van der Waals surface area contributed by atoms with Crippen LogP contribution in [0.25, 0.3) is 16.6 Å². The van der Waals surface area contributed by atoms with E-state index in [0.717, 1.165) is 30.6 Å². The van der Waals surface area contributed by atoms with Crippen LogP contribution in [0.4, 0.5) is 15.8 Å². The van der Waals surface area contributed by atoms with Crippen molar-refractivity contribution in [2.75, 3.05) is 37.4 Å². The molecule has 9 heteroatoms. The van der Waals surface area contributed by atoms with Crippen molar-refractivity contribution in [1.82, 2.24) is 24.1 Å². The lowest BCUT2D eigenvalue weighted by molar-refractivity contribution is 0.102. The van der Waals surface area contributed by atoms with Gasteiger partial charge < -0.3 is 19.5 Å². The van der Waals surface area contributed by atoms with Gasteiger partial charge in [0.05, 0.1) is 16.9 Å². The van der Waals surface area contributed by atoms with Gasteiger partial charge in [-0.05, 0) is 46.5 Å². The van der Waals surface area contributed by atoms with Crippen LogP contribution in [0, 0.1) is 12.7 Å². The van der Waals surface area contributed by atoms with E-state index in [1.54, 1.807) is 23.7 Å². The monoisotopic (exact) mass is 449 g/mol. The molecule has 4 heterocycles. The Morgan fingerprint density at radius 2 is 2.09 bits per heavy atom. The Bertz CT molecular complexity index is 1360. The van der Waals surface area contributed by atoms with Gasteiger partial charge in [0.15, 0.2) is 11.5 Å². The Morgan fingerprint density at radius 3 is 2.82 bits per heavy atom. The second-order valence-corrected chi connectivity index (χ2v) is 8.88. The number of nitrogens with one attached hydrogen (secondary N) is 1. The Hall–Kier alpha value is -3.46. The lowest BCUT2D eigenvalue weighted by Crippen LogP contribution is -2.31. The number of nitrogens with zero attached hydrogens (tertiary/aromatic N) is 6. The predicted octanol–water partition coefficient (Wildman–Crippen LogP) is 3.54. The van der Waals surface area contributed by atoms with Crippen molar-refractivity contribution in [1.29, 1.82) is 0 Å². The number of aryl methyl sites for hydroxylation is 2. The van der Waals surface area contributed by atoms with Crippen molar-refractivity contribution in [3.05, 3.63) is 53.9 Å². The largest absolute Gasteiger partial charge is 0.369 e. The topological polar surface area (TPSA) is 70.7 Å². The standard InChI is InChI=1S/C24H28FN7O/c1-5-32-14-19-21(30-9-8-17(13-30)29(3)4)7-6-18(22(19)28-32)24(33)27-16-10-20(25)23-26-15(2)11-31(23)12-16/h6-7,10-12,14,17H,5,8-9,13H2,1-4H3,(H,27,33). The number of imidazole rings is 1. The molecule has 1 unspecified atom stereocenters. The molecule has 1 amide bonds. The van der Waals surface area contributed by atoms with Crippen molar-refractivity contribution in [2.24, 2.45) is 0 Å². The number of amides is 1. The van der Waals surface area contributed by atoms with Crippen molar-refractivity contribution in [2.45, 2.75) is 32.9 Å². The fourth-order valence-corrected chi connectivity index (χ4v) is 4.59. The van der Waals surface area contributed by atoms with Crippen LogP contribution in [0.3, 0.4) is 0 Å². The molecule has 0 radical (unpaired) electrons. The summed E-state index contributed by atoms with van der Waals surface area (Å²) in [5, 5.41) is 8.47. The van der Waals surface area contributed by atoms with Gasteiger partial charge in [-0.3, -0.25) is 9.48 Å². The maximum atomic E-state index is 14.5. The molecule has 33 heavy (non-hydrogen) atoms. The van der Waals surface area contributed by atoms with E-state index < -0.39 is 5.82 Å². The number of likely N-dealkylation sites (N-methyl/N-ethyl adjacent to an activating group) is 1. The zero-order valence-corrected chi connectivity index (χ0v) is 19.3. The van der Waals surface area contributed by atoms with Crippen LogP contribution in [0.5, 0.6) is 0 Å². The first-order valence-corrected chi connectivity index (χ1v) is 11.2. The highest BCUT2D eigenvalue weighted by atomic mass is 19.1. The molecule has 1 atom stereocenters. The molecule has 5 rings (SSSR count). The maximum Gasteiger partial charge on any atom is 0.257 e. The van der Waals surface area contributed by atoms with Crippen LogP contribution in [0.15, 0.2) is 36.8 Å². The minimum atomic E-state index is -0.485. The van der Waals surface area contributed by atoms with Gasteiger partial charge in [-0.25, -0.2) is 9.37 Å². The first-order chi connectivity index (χ1) is 15.8. The number of anilines is 2. The molecule has 1 aliphatic rings. The van der Waals surface area contributed by atoms with Crippen molar-refractivity contribution in [3.63, 3.8) is 0 Å². The van der Waals surface area contributed by atoms with Gasteiger partial charge in [0, 0.05) is 61.4 Å². The summed E-state index contributed by atoms with van der Waals surface area (Å²) in [6, 6.07) is 5.61. The molecule has 0 spiro atoms. The molecule has 0 bridgehead atoms. The smallest absolute Gasteiger partial charge is 0.257 e. The number of carbonyl (C=O) groups excluding carboxylic acids is 1. The summed E-state index contributed by atoms with van der Waals surface area (Å²) < 4.78 is 17.9. The van der Waals surface area contributed by atoms with Gasteiger partial charge in [0.25, 0.3) is 5.91 Å². The highest BCUT2D eigenvalue weighted by Crippen LogP contribution is 2.32. The first-order valence-electron chi connectivity index (χ1n) is 11.2. The van der Waals surface area contributed by atoms with Crippen LogP contribution < -0.4 is 10.2 Å². The van der Waals surface area contributed by atoms with E-state index >= 15 is 0 Å². The third-order valence-electron chi connectivity index (χ3n) is 6.39. The Morgan fingerprint density at radius 1 is 1.27 bits per heavy atom. The summed E-state index contributed by atoms with van der Waals surface area (Å²) in [7, 11) is 4.22. The van der Waals surface area contributed by atoms with E-state index in [9.17, 15) is 9.18 Å². The second-order valence-electron chi connectivity index (χ2n) is 8.88. The minimum absolute atomic E-state index is 0.237. The normalized spacial score (nSPS) is 16.4. The number of hydrogen-bond donors (Lipinski definition) is 1. The lowest BCUT2D eigenvalue weighted by atomic mass is 10.1. The van der Waals surface area contributed by atoms with E-state index in [0.29, 0.717) is 35.0 Å². The molecule has 172 valence electrons. The molecule has 0 saturated carbocycles. The molecule has 8 nitrogen and oxygen atoms in total. The number of pyridine rings is 1. The predicted molar refractivity (Wildman–Crippen MR) is 128 cm³/mol. The minimum Gasteiger partial charge on any atom is -0.369 e. The maximum absolute atomic E-state index is 14.5. The number of carbonyl (C=O) groups is 1. The van der Waals surface area contributed by atoms with Crippen molar-refractivity contribution >= 4 is 33.8 Å². The van der Waals surface area contributed by atoms with Gasteiger partial charge in [0.2, 0.25) is 0 Å². The van der Waals surface area contributed by atoms with Gasteiger partial charge in [-0.1, -0.05) is 0 Å². The summed E-state index contributed by atoms with van der Waals surface area (Å²) in [6.07, 6.45) is 6.49. The van der Waals surface area contributed by atoms with E-state index in [1.165, 1.54) is 6.07 Å². The fraction of sp³-hybridized carbons (Fsp3) is 0.375. The zero-order valence-electron chi connectivity index (χ0n) is 19.3. The van der Waals surface area contributed by atoms with Crippen LogP contribution in [0.1, 0.15) is 29.4 Å². The highest BCUT2D eigenvalue weighted by molar-refractivity contribution is 6.13. The van der Waals surface area contributed by atoms with Crippen LogP contribution in [-0.4, -0.2) is 63.2 Å². The number of fused-ring (bicyclic) bond motifs is 2. The molecular formula is C24H28FN7O. The SMILES string of the molecule is CCn1cc2c(N3CCC(N(C)C)C3)ccc(C(=O)Nc3cc(F)c4nc(C)cn4c3)c2n1. The van der Waals surface area contributed by atoms with E-state index in [1.807, 2.05) is 29.9 Å². The summed E-state index contributed by atoms with van der Waals surface area (Å²) in [4.78, 5) is 22.0. The molecule has 1 N–H and O–H groups in total. The van der Waals surface area contributed by atoms with Crippen LogP contribution >= 0.6 is 0 Å². The van der Waals surface area contributed by atoms with Crippen LogP contribution in [0.2, 0.25) is 0 Å². The van der Waals surface area contributed by atoms with Gasteiger partial charge in [0.1, 0.15) is 5.52 Å². The van der Waals surface area contributed by atoms with Crippen LogP contribution in [-0.2, 0) is 6.54 Å². The molecule has 3 aromatic heterocycles. The first kappa shape index (κ1) is 21.4.